The van der Waals surface area contributed by atoms with Crippen LogP contribution >= 0.6 is 0 Å². The van der Waals surface area contributed by atoms with Crippen LogP contribution in [0.5, 0.6) is 11.5 Å². The molecule has 1 aliphatic rings. The second-order valence-electron chi connectivity index (χ2n) is 6.00. The van der Waals surface area contributed by atoms with E-state index in [-0.39, 0.29) is 12.0 Å². The molecule has 0 saturated carbocycles. The van der Waals surface area contributed by atoms with Gasteiger partial charge in [0.05, 0.1) is 6.54 Å². The van der Waals surface area contributed by atoms with Gasteiger partial charge in [0.1, 0.15) is 6.61 Å². The van der Waals surface area contributed by atoms with Gasteiger partial charge >= 0.3 is 0 Å². The Morgan fingerprint density at radius 1 is 1.17 bits per heavy atom. The zero-order valence-electron chi connectivity index (χ0n) is 13.7. The molecule has 1 heterocycles. The van der Waals surface area contributed by atoms with E-state index in [1.165, 1.54) is 0 Å². The van der Waals surface area contributed by atoms with Gasteiger partial charge in [-0.15, -0.1) is 0 Å². The maximum absolute atomic E-state index is 12.6. The Morgan fingerprint density at radius 2 is 1.91 bits per heavy atom. The second kappa shape index (κ2) is 6.32. The molecule has 1 unspecified atom stereocenters. The quantitative estimate of drug-likeness (QED) is 0.873. The minimum atomic E-state index is -0.162. The summed E-state index contributed by atoms with van der Waals surface area (Å²) in [7, 11) is 1.80. The van der Waals surface area contributed by atoms with Crippen LogP contribution in [0.3, 0.4) is 0 Å². The Balaban J connectivity index is 1.67. The maximum atomic E-state index is 12.6. The number of nitrogens with zero attached hydrogens (tertiary/aromatic N) is 1. The average Bonchev–Trinajstić information content (AvgIpc) is 2.54. The SMILES string of the molecule is Cc1ccc(C(=O)N(C)CC2COc3ccccc3O2)c(C)c1. The number of para-hydroxylation sites is 2. The molecule has 0 aromatic heterocycles. The van der Waals surface area contributed by atoms with Crippen LogP contribution in [0.1, 0.15) is 21.5 Å². The molecule has 3 rings (SSSR count). The van der Waals surface area contributed by atoms with Crippen molar-refractivity contribution >= 4 is 5.91 Å². The number of amides is 1. The first-order valence-electron chi connectivity index (χ1n) is 7.76. The van der Waals surface area contributed by atoms with Gasteiger partial charge in [-0.05, 0) is 37.6 Å². The summed E-state index contributed by atoms with van der Waals surface area (Å²) >= 11 is 0. The molecular formula is C19H21NO3. The molecule has 2 aromatic rings. The number of hydrogen-bond acceptors (Lipinski definition) is 3. The predicted molar refractivity (Wildman–Crippen MR) is 89.2 cm³/mol. The number of carbonyl (C=O) groups excluding carboxylic acids is 1. The van der Waals surface area contributed by atoms with E-state index in [0.29, 0.717) is 13.2 Å². The molecular weight excluding hydrogens is 290 g/mol. The number of hydrogen-bond donors (Lipinski definition) is 0. The molecule has 1 amide bonds. The number of fused-ring (bicyclic) bond motifs is 1. The molecule has 0 bridgehead atoms. The largest absolute Gasteiger partial charge is 0.486 e. The van der Waals surface area contributed by atoms with Crippen LogP contribution in [-0.2, 0) is 0 Å². The van der Waals surface area contributed by atoms with Gasteiger partial charge in [0.2, 0.25) is 0 Å². The van der Waals surface area contributed by atoms with Crippen LogP contribution in [0, 0.1) is 13.8 Å². The summed E-state index contributed by atoms with van der Waals surface area (Å²) in [6.45, 7) is 4.92. The highest BCUT2D eigenvalue weighted by atomic mass is 16.6. The average molecular weight is 311 g/mol. The third kappa shape index (κ3) is 3.31. The minimum absolute atomic E-state index is 0.00459. The number of benzene rings is 2. The molecule has 0 saturated heterocycles. The van der Waals surface area contributed by atoms with Crippen molar-refractivity contribution in [1.82, 2.24) is 4.90 Å². The molecule has 0 radical (unpaired) electrons. The van der Waals surface area contributed by atoms with Gasteiger partial charge in [0.25, 0.3) is 5.91 Å². The summed E-state index contributed by atoms with van der Waals surface area (Å²) in [5.41, 5.74) is 2.88. The van der Waals surface area contributed by atoms with Crippen molar-refractivity contribution in [3.05, 3.63) is 59.2 Å². The van der Waals surface area contributed by atoms with Gasteiger partial charge in [0, 0.05) is 12.6 Å². The van der Waals surface area contributed by atoms with Gasteiger partial charge in [-0.1, -0.05) is 29.8 Å². The monoisotopic (exact) mass is 311 g/mol. The molecule has 0 spiro atoms. The molecule has 4 nitrogen and oxygen atoms in total. The summed E-state index contributed by atoms with van der Waals surface area (Å²) in [5, 5.41) is 0. The third-order valence-electron chi connectivity index (χ3n) is 4.00. The summed E-state index contributed by atoms with van der Waals surface area (Å²) in [6, 6.07) is 13.5. The molecule has 1 atom stereocenters. The first-order valence-corrected chi connectivity index (χ1v) is 7.76. The Bertz CT molecular complexity index is 726. The maximum Gasteiger partial charge on any atom is 0.253 e. The molecule has 120 valence electrons. The highest BCUT2D eigenvalue weighted by Gasteiger charge is 2.24. The lowest BCUT2D eigenvalue weighted by atomic mass is 10.0. The molecule has 0 aliphatic carbocycles. The fourth-order valence-corrected chi connectivity index (χ4v) is 2.80. The van der Waals surface area contributed by atoms with E-state index in [1.807, 2.05) is 56.3 Å². The standard InChI is InChI=1S/C19H21NO3/c1-13-8-9-16(14(2)10-13)19(21)20(3)11-15-12-22-17-6-4-5-7-18(17)23-15/h4-10,15H,11-12H2,1-3H3. The van der Waals surface area contributed by atoms with E-state index >= 15 is 0 Å². The zero-order valence-corrected chi connectivity index (χ0v) is 13.7. The normalized spacial score (nSPS) is 16.0. The molecule has 2 aromatic carbocycles. The van der Waals surface area contributed by atoms with Crippen molar-refractivity contribution in [3.63, 3.8) is 0 Å². The topological polar surface area (TPSA) is 38.8 Å². The smallest absolute Gasteiger partial charge is 0.253 e. The zero-order chi connectivity index (χ0) is 16.4. The van der Waals surface area contributed by atoms with Crippen molar-refractivity contribution in [2.45, 2.75) is 20.0 Å². The fraction of sp³-hybridized carbons (Fsp3) is 0.316. The molecule has 23 heavy (non-hydrogen) atoms. The van der Waals surface area contributed by atoms with Crippen LogP contribution in [0.4, 0.5) is 0 Å². The summed E-state index contributed by atoms with van der Waals surface area (Å²) < 4.78 is 11.6. The lowest BCUT2D eigenvalue weighted by molar-refractivity contribution is 0.0520. The van der Waals surface area contributed by atoms with Crippen molar-refractivity contribution in [1.29, 1.82) is 0 Å². The van der Waals surface area contributed by atoms with Crippen molar-refractivity contribution < 1.29 is 14.3 Å². The molecule has 0 fully saturated rings. The van der Waals surface area contributed by atoms with E-state index in [1.54, 1.807) is 11.9 Å². The highest BCUT2D eigenvalue weighted by molar-refractivity contribution is 5.95. The fourth-order valence-electron chi connectivity index (χ4n) is 2.80. The first-order chi connectivity index (χ1) is 11.0. The Kier molecular flexibility index (Phi) is 4.24. The lowest BCUT2D eigenvalue weighted by Gasteiger charge is -2.29. The predicted octanol–water partition coefficient (Wildman–Crippen LogP) is 3.22. The molecule has 0 N–H and O–H groups in total. The summed E-state index contributed by atoms with van der Waals surface area (Å²) in [6.07, 6.45) is -0.162. The van der Waals surface area contributed by atoms with Crippen molar-refractivity contribution in [2.75, 3.05) is 20.2 Å². The summed E-state index contributed by atoms with van der Waals surface area (Å²) in [5.74, 6) is 1.49. The Hall–Kier alpha value is -2.49. The number of likely N-dealkylation sites (N-methyl/N-ethyl adjacent to an activating group) is 1. The van der Waals surface area contributed by atoms with Crippen LogP contribution in [0.2, 0.25) is 0 Å². The second-order valence-corrected chi connectivity index (χ2v) is 6.00. The number of carbonyl (C=O) groups is 1. The van der Waals surface area contributed by atoms with Crippen molar-refractivity contribution in [3.8, 4) is 11.5 Å². The van der Waals surface area contributed by atoms with E-state index in [9.17, 15) is 4.79 Å². The van der Waals surface area contributed by atoms with Crippen LogP contribution in [-0.4, -0.2) is 37.1 Å². The highest BCUT2D eigenvalue weighted by Crippen LogP contribution is 2.31. The lowest BCUT2D eigenvalue weighted by Crippen LogP contribution is -2.42. The van der Waals surface area contributed by atoms with E-state index < -0.39 is 0 Å². The van der Waals surface area contributed by atoms with E-state index in [0.717, 1.165) is 28.2 Å². The van der Waals surface area contributed by atoms with Gasteiger partial charge in [0.15, 0.2) is 17.6 Å². The molecule has 1 aliphatic heterocycles. The third-order valence-corrected chi connectivity index (χ3v) is 4.00. The molecule has 4 heteroatoms. The Morgan fingerprint density at radius 3 is 2.65 bits per heavy atom. The van der Waals surface area contributed by atoms with E-state index in [2.05, 4.69) is 0 Å². The minimum Gasteiger partial charge on any atom is -0.486 e. The Labute approximate surface area is 136 Å². The number of rotatable bonds is 3. The number of ether oxygens (including phenoxy) is 2. The van der Waals surface area contributed by atoms with Gasteiger partial charge in [-0.25, -0.2) is 0 Å². The van der Waals surface area contributed by atoms with Crippen LogP contribution < -0.4 is 9.47 Å². The first kappa shape index (κ1) is 15.4. The van der Waals surface area contributed by atoms with Crippen LogP contribution in [0.25, 0.3) is 0 Å². The van der Waals surface area contributed by atoms with E-state index in [4.69, 9.17) is 9.47 Å². The van der Waals surface area contributed by atoms with Gasteiger partial charge in [-0.3, -0.25) is 4.79 Å². The van der Waals surface area contributed by atoms with Gasteiger partial charge < -0.3 is 14.4 Å². The number of aryl methyl sites for hydroxylation is 2. The van der Waals surface area contributed by atoms with Gasteiger partial charge in [-0.2, -0.15) is 0 Å². The van der Waals surface area contributed by atoms with Crippen molar-refractivity contribution in [2.24, 2.45) is 0 Å². The van der Waals surface area contributed by atoms with Crippen LogP contribution in [0.15, 0.2) is 42.5 Å². The summed E-state index contributed by atoms with van der Waals surface area (Å²) in [4.78, 5) is 14.3.